The molecular weight excluding hydrogens is 280 g/mol. The van der Waals surface area contributed by atoms with Crippen molar-refractivity contribution in [3.8, 4) is 5.75 Å². The van der Waals surface area contributed by atoms with Crippen LogP contribution >= 0.6 is 0 Å². The van der Waals surface area contributed by atoms with Crippen LogP contribution in [0.5, 0.6) is 5.75 Å². The van der Waals surface area contributed by atoms with Crippen LogP contribution in [-0.2, 0) is 4.74 Å². The Morgan fingerprint density at radius 1 is 1.18 bits per heavy atom. The van der Waals surface area contributed by atoms with Crippen LogP contribution in [0.3, 0.4) is 0 Å². The molecule has 0 saturated heterocycles. The summed E-state index contributed by atoms with van der Waals surface area (Å²) in [7, 11) is 1.67. The molecule has 0 unspecified atom stereocenters. The number of hydrogen-bond donors (Lipinski definition) is 2. The lowest BCUT2D eigenvalue weighted by Gasteiger charge is -2.12. The van der Waals surface area contributed by atoms with Gasteiger partial charge < -0.3 is 20.1 Å². The van der Waals surface area contributed by atoms with Crippen molar-refractivity contribution in [3.05, 3.63) is 36.0 Å². The van der Waals surface area contributed by atoms with Crippen molar-refractivity contribution in [3.63, 3.8) is 0 Å². The van der Waals surface area contributed by atoms with Gasteiger partial charge in [-0.25, -0.2) is 4.98 Å². The van der Waals surface area contributed by atoms with Crippen LogP contribution in [0.2, 0.25) is 0 Å². The summed E-state index contributed by atoms with van der Waals surface area (Å²) in [4.78, 5) is 8.87. The maximum absolute atomic E-state index is 5.60. The number of ether oxygens (including phenoxy) is 2. The number of para-hydroxylation sites is 2. The van der Waals surface area contributed by atoms with Crippen molar-refractivity contribution in [2.45, 2.75) is 13.8 Å². The van der Waals surface area contributed by atoms with Gasteiger partial charge in [0, 0.05) is 25.4 Å². The van der Waals surface area contributed by atoms with Gasteiger partial charge in [-0.1, -0.05) is 12.1 Å². The zero-order valence-corrected chi connectivity index (χ0v) is 13.2. The van der Waals surface area contributed by atoms with Gasteiger partial charge in [0.2, 0.25) is 5.95 Å². The zero-order chi connectivity index (χ0) is 15.8. The van der Waals surface area contributed by atoms with Gasteiger partial charge in [-0.15, -0.1) is 0 Å². The Balaban J connectivity index is 2.15. The number of benzene rings is 1. The second-order valence-electron chi connectivity index (χ2n) is 4.69. The molecule has 0 saturated carbocycles. The Morgan fingerprint density at radius 3 is 2.77 bits per heavy atom. The lowest BCUT2D eigenvalue weighted by Crippen LogP contribution is -2.10. The van der Waals surface area contributed by atoms with E-state index in [0.29, 0.717) is 25.7 Å². The molecule has 2 N–H and O–H groups in total. The number of aromatic nitrogens is 2. The molecule has 0 radical (unpaired) electrons. The number of nitrogens with zero attached hydrogens (tertiary/aromatic N) is 2. The van der Waals surface area contributed by atoms with Crippen molar-refractivity contribution in [1.82, 2.24) is 9.97 Å². The molecule has 6 heteroatoms. The van der Waals surface area contributed by atoms with Crippen LogP contribution in [0.15, 0.2) is 30.3 Å². The average molecular weight is 302 g/mol. The molecule has 0 spiro atoms. The van der Waals surface area contributed by atoms with Gasteiger partial charge in [0.1, 0.15) is 11.6 Å². The van der Waals surface area contributed by atoms with Crippen molar-refractivity contribution < 1.29 is 9.47 Å². The summed E-state index contributed by atoms with van der Waals surface area (Å²) in [6, 6.07) is 9.63. The lowest BCUT2D eigenvalue weighted by atomic mass is 10.3. The largest absolute Gasteiger partial charge is 0.492 e. The fourth-order valence-electron chi connectivity index (χ4n) is 1.97. The third-order valence-corrected chi connectivity index (χ3v) is 2.90. The first-order valence-electron chi connectivity index (χ1n) is 7.30. The van der Waals surface area contributed by atoms with Crippen LogP contribution in [0.4, 0.5) is 17.5 Å². The molecule has 2 aromatic rings. The second-order valence-corrected chi connectivity index (χ2v) is 4.69. The quantitative estimate of drug-likeness (QED) is 0.731. The predicted molar refractivity (Wildman–Crippen MR) is 88.0 cm³/mol. The van der Waals surface area contributed by atoms with E-state index in [1.54, 1.807) is 7.11 Å². The van der Waals surface area contributed by atoms with E-state index in [1.165, 1.54) is 0 Å². The monoisotopic (exact) mass is 302 g/mol. The molecule has 0 amide bonds. The second kappa shape index (κ2) is 8.19. The molecule has 0 aliphatic rings. The fourth-order valence-corrected chi connectivity index (χ4v) is 1.97. The summed E-state index contributed by atoms with van der Waals surface area (Å²) in [5.74, 6) is 2.08. The van der Waals surface area contributed by atoms with Crippen molar-refractivity contribution >= 4 is 17.5 Å². The van der Waals surface area contributed by atoms with E-state index in [9.17, 15) is 0 Å². The average Bonchev–Trinajstić information content (AvgIpc) is 2.49. The normalized spacial score (nSPS) is 10.3. The zero-order valence-electron chi connectivity index (χ0n) is 13.2. The molecule has 2 rings (SSSR count). The van der Waals surface area contributed by atoms with Crippen LogP contribution in [0.25, 0.3) is 0 Å². The number of hydrogen-bond acceptors (Lipinski definition) is 6. The van der Waals surface area contributed by atoms with Crippen LogP contribution in [0, 0.1) is 6.92 Å². The molecule has 1 aromatic heterocycles. The van der Waals surface area contributed by atoms with Crippen molar-refractivity contribution in [1.29, 1.82) is 0 Å². The highest BCUT2D eigenvalue weighted by Gasteiger charge is 2.06. The minimum absolute atomic E-state index is 0.534. The van der Waals surface area contributed by atoms with Gasteiger partial charge in [0.05, 0.1) is 18.9 Å². The van der Waals surface area contributed by atoms with Gasteiger partial charge in [0.25, 0.3) is 0 Å². The number of methoxy groups -OCH3 is 1. The molecule has 0 aliphatic carbocycles. The molecule has 0 atom stereocenters. The molecule has 118 valence electrons. The minimum atomic E-state index is 0.534. The first kappa shape index (κ1) is 16.0. The Labute approximate surface area is 130 Å². The summed E-state index contributed by atoms with van der Waals surface area (Å²) < 4.78 is 10.6. The van der Waals surface area contributed by atoms with Gasteiger partial charge in [-0.05, 0) is 26.0 Å². The first-order valence-corrected chi connectivity index (χ1v) is 7.30. The maximum atomic E-state index is 5.60. The van der Waals surface area contributed by atoms with E-state index in [0.717, 1.165) is 22.9 Å². The van der Waals surface area contributed by atoms with Crippen LogP contribution in [0.1, 0.15) is 12.6 Å². The molecule has 0 bridgehead atoms. The number of nitrogens with one attached hydrogen (secondary N) is 2. The number of rotatable bonds is 8. The standard InChI is InChI=1S/C16H22N4O2/c1-4-22-14-8-6-5-7-13(14)19-16-18-12(2)11-15(20-16)17-9-10-21-3/h5-8,11H,4,9-10H2,1-3H3,(H2,17,18,19,20). The summed E-state index contributed by atoms with van der Waals surface area (Å²) in [6.07, 6.45) is 0. The van der Waals surface area contributed by atoms with Gasteiger partial charge in [-0.3, -0.25) is 0 Å². The molecule has 6 nitrogen and oxygen atoms in total. The molecule has 1 aromatic carbocycles. The van der Waals surface area contributed by atoms with Gasteiger partial charge in [0.15, 0.2) is 0 Å². The maximum Gasteiger partial charge on any atom is 0.229 e. The first-order chi connectivity index (χ1) is 10.7. The molecule has 1 heterocycles. The Hall–Kier alpha value is -2.34. The van der Waals surface area contributed by atoms with E-state index in [4.69, 9.17) is 9.47 Å². The molecule has 22 heavy (non-hydrogen) atoms. The fraction of sp³-hybridized carbons (Fsp3) is 0.375. The highest BCUT2D eigenvalue weighted by Crippen LogP contribution is 2.26. The SMILES string of the molecule is CCOc1ccccc1Nc1nc(C)cc(NCCOC)n1. The highest BCUT2D eigenvalue weighted by atomic mass is 16.5. The number of anilines is 3. The summed E-state index contributed by atoms with van der Waals surface area (Å²) in [5.41, 5.74) is 1.73. The summed E-state index contributed by atoms with van der Waals surface area (Å²) in [6.45, 7) is 5.82. The third kappa shape index (κ3) is 4.60. The minimum Gasteiger partial charge on any atom is -0.492 e. The van der Waals surface area contributed by atoms with E-state index in [-0.39, 0.29) is 0 Å². The van der Waals surface area contributed by atoms with Gasteiger partial charge >= 0.3 is 0 Å². The topological polar surface area (TPSA) is 68.3 Å². The Kier molecular flexibility index (Phi) is 5.97. The highest BCUT2D eigenvalue weighted by molar-refractivity contribution is 5.63. The summed E-state index contributed by atoms with van der Waals surface area (Å²) >= 11 is 0. The molecule has 0 fully saturated rings. The van der Waals surface area contributed by atoms with Crippen LogP contribution < -0.4 is 15.4 Å². The Morgan fingerprint density at radius 2 is 2.00 bits per heavy atom. The summed E-state index contributed by atoms with van der Waals surface area (Å²) in [5, 5.41) is 6.42. The van der Waals surface area contributed by atoms with Gasteiger partial charge in [-0.2, -0.15) is 4.98 Å². The van der Waals surface area contributed by atoms with E-state index in [2.05, 4.69) is 20.6 Å². The van der Waals surface area contributed by atoms with E-state index < -0.39 is 0 Å². The third-order valence-electron chi connectivity index (χ3n) is 2.90. The molecule has 0 aliphatic heterocycles. The predicted octanol–water partition coefficient (Wildman–Crippen LogP) is 2.99. The lowest BCUT2D eigenvalue weighted by molar-refractivity contribution is 0.210. The number of aryl methyl sites for hydroxylation is 1. The van der Waals surface area contributed by atoms with Crippen molar-refractivity contribution in [2.75, 3.05) is 37.5 Å². The smallest absolute Gasteiger partial charge is 0.229 e. The van der Waals surface area contributed by atoms with Crippen LogP contribution in [-0.4, -0.2) is 36.8 Å². The van der Waals surface area contributed by atoms with E-state index >= 15 is 0 Å². The van der Waals surface area contributed by atoms with Crippen molar-refractivity contribution in [2.24, 2.45) is 0 Å². The molecular formula is C16H22N4O2. The Bertz CT molecular complexity index is 604. The van der Waals surface area contributed by atoms with E-state index in [1.807, 2.05) is 44.2 Å².